The summed E-state index contributed by atoms with van der Waals surface area (Å²) in [6.07, 6.45) is 12.6. The highest BCUT2D eigenvalue weighted by molar-refractivity contribution is 14.0. The molecule has 4 nitrogen and oxygen atoms in total. The van der Waals surface area contributed by atoms with E-state index >= 15 is 0 Å². The number of hydrogen-bond donors (Lipinski definition) is 2. The SMILES string of the molecule is CN=C(NCCCC1CCCCC1)NCC1CCCN(C)C1.I. The second-order valence-electron chi connectivity index (χ2n) is 7.30. The molecule has 0 bridgehead atoms. The number of nitrogens with zero attached hydrogens (tertiary/aromatic N) is 2. The number of halogens is 1. The molecule has 0 radical (unpaired) electrons. The summed E-state index contributed by atoms with van der Waals surface area (Å²) in [5.74, 6) is 2.74. The van der Waals surface area contributed by atoms with E-state index in [0.717, 1.165) is 30.9 Å². The minimum Gasteiger partial charge on any atom is -0.356 e. The van der Waals surface area contributed by atoms with Gasteiger partial charge in [0.2, 0.25) is 0 Å². The molecule has 1 aliphatic carbocycles. The van der Waals surface area contributed by atoms with Gasteiger partial charge in [-0.05, 0) is 51.1 Å². The number of hydrogen-bond acceptors (Lipinski definition) is 2. The molecule has 5 heteroatoms. The normalized spacial score (nSPS) is 24.1. The number of aliphatic imine (C=N–C) groups is 1. The molecule has 2 aliphatic rings. The molecular weight excluding hydrogens is 399 g/mol. The molecule has 1 saturated heterocycles. The fourth-order valence-electron chi connectivity index (χ4n) is 3.97. The van der Waals surface area contributed by atoms with Crippen LogP contribution < -0.4 is 10.6 Å². The molecule has 1 unspecified atom stereocenters. The second-order valence-corrected chi connectivity index (χ2v) is 7.30. The van der Waals surface area contributed by atoms with Gasteiger partial charge in [-0.3, -0.25) is 4.99 Å². The maximum Gasteiger partial charge on any atom is 0.190 e. The van der Waals surface area contributed by atoms with Crippen LogP contribution in [0.1, 0.15) is 57.8 Å². The summed E-state index contributed by atoms with van der Waals surface area (Å²) in [5, 5.41) is 7.00. The zero-order valence-electron chi connectivity index (χ0n) is 15.1. The number of nitrogens with one attached hydrogen (secondary N) is 2. The molecule has 0 aromatic heterocycles. The molecule has 2 N–H and O–H groups in total. The molecule has 23 heavy (non-hydrogen) atoms. The predicted molar refractivity (Wildman–Crippen MR) is 111 cm³/mol. The topological polar surface area (TPSA) is 39.7 Å². The molecule has 2 fully saturated rings. The van der Waals surface area contributed by atoms with Gasteiger partial charge in [0.05, 0.1) is 0 Å². The summed E-state index contributed by atoms with van der Waals surface area (Å²) in [5.41, 5.74) is 0. The van der Waals surface area contributed by atoms with E-state index in [1.165, 1.54) is 70.9 Å². The first-order valence-electron chi connectivity index (χ1n) is 9.41. The van der Waals surface area contributed by atoms with Gasteiger partial charge >= 0.3 is 0 Å². The van der Waals surface area contributed by atoms with Crippen molar-refractivity contribution in [3.05, 3.63) is 0 Å². The van der Waals surface area contributed by atoms with Gasteiger partial charge < -0.3 is 15.5 Å². The predicted octanol–water partition coefficient (Wildman–Crippen LogP) is 3.47. The maximum atomic E-state index is 4.36. The van der Waals surface area contributed by atoms with E-state index in [0.29, 0.717) is 0 Å². The van der Waals surface area contributed by atoms with Crippen LogP contribution in [0.3, 0.4) is 0 Å². The highest BCUT2D eigenvalue weighted by Gasteiger charge is 2.17. The molecular formula is C18H37IN4. The van der Waals surface area contributed by atoms with Gasteiger partial charge in [-0.1, -0.05) is 32.1 Å². The first-order chi connectivity index (χ1) is 10.8. The van der Waals surface area contributed by atoms with Crippen molar-refractivity contribution in [2.45, 2.75) is 57.8 Å². The standard InChI is InChI=1S/C18H36N4.HI/c1-19-18(21-14-17-11-7-13-22(2)15-17)20-12-6-10-16-8-4-3-5-9-16;/h16-17H,3-15H2,1-2H3,(H2,19,20,21);1H. The van der Waals surface area contributed by atoms with Crippen LogP contribution in [-0.4, -0.2) is 51.1 Å². The summed E-state index contributed by atoms with van der Waals surface area (Å²) in [4.78, 5) is 6.80. The van der Waals surface area contributed by atoms with Crippen molar-refractivity contribution in [3.8, 4) is 0 Å². The van der Waals surface area contributed by atoms with Crippen molar-refractivity contribution in [1.29, 1.82) is 0 Å². The van der Waals surface area contributed by atoms with Crippen molar-refractivity contribution in [2.75, 3.05) is 40.3 Å². The highest BCUT2D eigenvalue weighted by atomic mass is 127. The van der Waals surface area contributed by atoms with Gasteiger partial charge in [-0.2, -0.15) is 0 Å². The lowest BCUT2D eigenvalue weighted by molar-refractivity contribution is 0.210. The Kier molecular flexibility index (Phi) is 11.3. The summed E-state index contributed by atoms with van der Waals surface area (Å²) in [7, 11) is 4.11. The Balaban J connectivity index is 0.00000264. The van der Waals surface area contributed by atoms with Gasteiger partial charge in [0, 0.05) is 26.7 Å². The lowest BCUT2D eigenvalue weighted by Crippen LogP contribution is -2.43. The Bertz CT molecular complexity index is 329. The third-order valence-corrected chi connectivity index (χ3v) is 5.31. The van der Waals surface area contributed by atoms with Crippen LogP contribution >= 0.6 is 24.0 Å². The molecule has 1 saturated carbocycles. The average molecular weight is 436 g/mol. The fraction of sp³-hybridized carbons (Fsp3) is 0.944. The maximum absolute atomic E-state index is 4.36. The van der Waals surface area contributed by atoms with E-state index < -0.39 is 0 Å². The van der Waals surface area contributed by atoms with E-state index in [9.17, 15) is 0 Å². The first-order valence-corrected chi connectivity index (χ1v) is 9.41. The number of likely N-dealkylation sites (tertiary alicyclic amines) is 1. The monoisotopic (exact) mass is 436 g/mol. The largest absolute Gasteiger partial charge is 0.356 e. The lowest BCUT2D eigenvalue weighted by Gasteiger charge is -2.30. The Morgan fingerprint density at radius 2 is 1.78 bits per heavy atom. The molecule has 0 amide bonds. The van der Waals surface area contributed by atoms with E-state index in [4.69, 9.17) is 0 Å². The minimum atomic E-state index is 0. The Labute approximate surface area is 160 Å². The summed E-state index contributed by atoms with van der Waals surface area (Å²) >= 11 is 0. The third kappa shape index (κ3) is 8.57. The molecule has 0 aromatic carbocycles. The molecule has 136 valence electrons. The summed E-state index contributed by atoms with van der Waals surface area (Å²) < 4.78 is 0. The Morgan fingerprint density at radius 1 is 1.04 bits per heavy atom. The van der Waals surface area contributed by atoms with Crippen LogP contribution in [0.5, 0.6) is 0 Å². The van der Waals surface area contributed by atoms with Crippen molar-refractivity contribution in [2.24, 2.45) is 16.8 Å². The third-order valence-electron chi connectivity index (χ3n) is 5.31. The Hall–Kier alpha value is -0.0400. The molecule has 2 rings (SSSR count). The highest BCUT2D eigenvalue weighted by Crippen LogP contribution is 2.26. The van der Waals surface area contributed by atoms with Gasteiger partial charge in [-0.15, -0.1) is 24.0 Å². The van der Waals surface area contributed by atoms with E-state index in [1.54, 1.807) is 0 Å². The van der Waals surface area contributed by atoms with Crippen LogP contribution in [0.4, 0.5) is 0 Å². The van der Waals surface area contributed by atoms with Crippen LogP contribution in [0.25, 0.3) is 0 Å². The number of piperidine rings is 1. The van der Waals surface area contributed by atoms with Crippen molar-refractivity contribution >= 4 is 29.9 Å². The van der Waals surface area contributed by atoms with Crippen LogP contribution in [0.2, 0.25) is 0 Å². The molecule has 0 spiro atoms. The number of guanidine groups is 1. The smallest absolute Gasteiger partial charge is 0.190 e. The summed E-state index contributed by atoms with van der Waals surface area (Å²) in [6.45, 7) is 4.57. The van der Waals surface area contributed by atoms with Crippen LogP contribution in [0, 0.1) is 11.8 Å². The quantitative estimate of drug-likeness (QED) is 0.290. The van der Waals surface area contributed by atoms with Crippen LogP contribution in [0.15, 0.2) is 4.99 Å². The molecule has 1 aliphatic heterocycles. The second kappa shape index (κ2) is 12.3. The van der Waals surface area contributed by atoms with E-state index in [1.807, 2.05) is 7.05 Å². The molecule has 1 atom stereocenters. The van der Waals surface area contributed by atoms with Gasteiger partial charge in [-0.25, -0.2) is 0 Å². The van der Waals surface area contributed by atoms with Crippen LogP contribution in [-0.2, 0) is 0 Å². The Morgan fingerprint density at radius 3 is 2.48 bits per heavy atom. The first kappa shape index (κ1) is 21.0. The van der Waals surface area contributed by atoms with Gasteiger partial charge in [0.25, 0.3) is 0 Å². The molecule has 0 aromatic rings. The fourth-order valence-corrected chi connectivity index (χ4v) is 3.97. The zero-order valence-corrected chi connectivity index (χ0v) is 17.5. The van der Waals surface area contributed by atoms with Crippen molar-refractivity contribution in [1.82, 2.24) is 15.5 Å². The van der Waals surface area contributed by atoms with Gasteiger partial charge in [0.15, 0.2) is 5.96 Å². The van der Waals surface area contributed by atoms with E-state index in [2.05, 4.69) is 27.6 Å². The zero-order chi connectivity index (χ0) is 15.6. The average Bonchev–Trinajstić information content (AvgIpc) is 2.55. The summed E-state index contributed by atoms with van der Waals surface area (Å²) in [6, 6.07) is 0. The van der Waals surface area contributed by atoms with Gasteiger partial charge in [0.1, 0.15) is 0 Å². The minimum absolute atomic E-state index is 0. The molecule has 1 heterocycles. The van der Waals surface area contributed by atoms with Crippen molar-refractivity contribution in [3.63, 3.8) is 0 Å². The van der Waals surface area contributed by atoms with E-state index in [-0.39, 0.29) is 24.0 Å². The van der Waals surface area contributed by atoms with Crippen molar-refractivity contribution < 1.29 is 0 Å². The number of rotatable bonds is 6. The lowest BCUT2D eigenvalue weighted by atomic mass is 9.86.